The van der Waals surface area contributed by atoms with Crippen molar-refractivity contribution in [1.29, 1.82) is 0 Å². The molecular weight excluding hydrogens is 292 g/mol. The number of aromatic nitrogens is 1. The van der Waals surface area contributed by atoms with Crippen molar-refractivity contribution in [1.82, 2.24) is 9.88 Å². The normalized spacial score (nSPS) is 24.8. The van der Waals surface area contributed by atoms with Crippen LogP contribution in [0.1, 0.15) is 23.2 Å². The number of aromatic amines is 1. The lowest BCUT2D eigenvalue weighted by molar-refractivity contribution is 0.0888. The predicted molar refractivity (Wildman–Crippen MR) is 76.1 cm³/mol. The second-order valence-corrected chi connectivity index (χ2v) is 5.86. The topological polar surface area (TPSA) is 36.1 Å². The number of hydrogen-bond acceptors (Lipinski definition) is 2. The summed E-state index contributed by atoms with van der Waals surface area (Å²) in [7, 11) is 2.00. The van der Waals surface area contributed by atoms with Crippen LogP contribution >= 0.6 is 15.9 Å². The maximum Gasteiger partial charge on any atom is 0.182 e. The molecule has 2 unspecified atom stereocenters. The molecule has 94 valence electrons. The quantitative estimate of drug-likeness (QED) is 0.525. The van der Waals surface area contributed by atoms with Crippen LogP contribution in [0.25, 0.3) is 10.9 Å². The first-order chi connectivity index (χ1) is 8.68. The molecule has 3 nitrogen and oxygen atoms in total. The van der Waals surface area contributed by atoms with E-state index < -0.39 is 0 Å². The second-order valence-electron chi connectivity index (χ2n) is 4.81. The van der Waals surface area contributed by atoms with Gasteiger partial charge in [0.05, 0.1) is 11.0 Å². The maximum atomic E-state index is 12.6. The van der Waals surface area contributed by atoms with Crippen LogP contribution in [-0.4, -0.2) is 33.7 Å². The van der Waals surface area contributed by atoms with Crippen LogP contribution in [0.5, 0.6) is 0 Å². The summed E-state index contributed by atoms with van der Waals surface area (Å²) in [6.45, 7) is 0. The standard InChI is InChI=1S/C14H15BrN2O/c1-17-12(6-7-13(17)15)14(18)10-8-16-11-5-3-2-4-9(10)11/h2-5,8,12-13,16H,6-7H2,1H3. The largest absolute Gasteiger partial charge is 0.360 e. The molecule has 0 aliphatic carbocycles. The van der Waals surface area contributed by atoms with Crippen molar-refractivity contribution in [2.75, 3.05) is 7.05 Å². The molecule has 0 spiro atoms. The number of likely N-dealkylation sites (N-methyl/N-ethyl adjacent to an activating group) is 1. The summed E-state index contributed by atoms with van der Waals surface area (Å²) in [6.07, 6.45) is 3.78. The number of likely N-dealkylation sites (tertiary alicyclic amines) is 1. The zero-order chi connectivity index (χ0) is 12.7. The Kier molecular flexibility index (Phi) is 2.99. The number of rotatable bonds is 2. The van der Waals surface area contributed by atoms with Crippen LogP contribution in [0.15, 0.2) is 30.5 Å². The molecule has 0 amide bonds. The zero-order valence-corrected chi connectivity index (χ0v) is 11.8. The summed E-state index contributed by atoms with van der Waals surface area (Å²) < 4.78 is 0. The van der Waals surface area contributed by atoms with Crippen molar-refractivity contribution in [2.45, 2.75) is 23.8 Å². The van der Waals surface area contributed by atoms with Crippen LogP contribution < -0.4 is 0 Å². The Labute approximate surface area is 114 Å². The minimum atomic E-state index is -0.00594. The number of fused-ring (bicyclic) bond motifs is 1. The Bertz CT molecular complexity index is 592. The number of nitrogens with one attached hydrogen (secondary N) is 1. The molecule has 1 aromatic carbocycles. The third-order valence-corrected chi connectivity index (χ3v) is 4.87. The van der Waals surface area contributed by atoms with Gasteiger partial charge in [-0.2, -0.15) is 0 Å². The molecule has 1 aromatic heterocycles. The summed E-state index contributed by atoms with van der Waals surface area (Å²) in [6, 6.07) is 7.94. The summed E-state index contributed by atoms with van der Waals surface area (Å²) in [4.78, 5) is 18.2. The number of carbonyl (C=O) groups is 1. The monoisotopic (exact) mass is 306 g/mol. The number of ketones is 1. The van der Waals surface area contributed by atoms with E-state index >= 15 is 0 Å². The number of benzene rings is 1. The molecule has 0 radical (unpaired) electrons. The smallest absolute Gasteiger partial charge is 0.182 e. The van der Waals surface area contributed by atoms with Gasteiger partial charge in [-0.15, -0.1) is 0 Å². The lowest BCUT2D eigenvalue weighted by Gasteiger charge is -2.20. The SMILES string of the molecule is CN1C(Br)CCC1C(=O)c1c[nH]c2ccccc12. The van der Waals surface area contributed by atoms with E-state index in [2.05, 4.69) is 25.8 Å². The molecule has 1 saturated heterocycles. The highest BCUT2D eigenvalue weighted by atomic mass is 79.9. The minimum Gasteiger partial charge on any atom is -0.360 e. The Morgan fingerprint density at radius 1 is 1.39 bits per heavy atom. The van der Waals surface area contributed by atoms with Gasteiger partial charge in [-0.3, -0.25) is 9.69 Å². The molecule has 18 heavy (non-hydrogen) atoms. The molecule has 4 heteroatoms. The van der Waals surface area contributed by atoms with E-state index in [1.54, 1.807) is 0 Å². The molecule has 0 saturated carbocycles. The fraction of sp³-hybridized carbons (Fsp3) is 0.357. The van der Waals surface area contributed by atoms with E-state index in [1.807, 2.05) is 37.5 Å². The molecule has 1 N–H and O–H groups in total. The first-order valence-corrected chi connectivity index (χ1v) is 7.06. The Morgan fingerprint density at radius 3 is 2.89 bits per heavy atom. The van der Waals surface area contributed by atoms with Gasteiger partial charge in [-0.25, -0.2) is 0 Å². The second kappa shape index (κ2) is 4.52. The van der Waals surface area contributed by atoms with Crippen LogP contribution in [0.4, 0.5) is 0 Å². The average molecular weight is 307 g/mol. The Hall–Kier alpha value is -1.13. The molecule has 2 atom stereocenters. The van der Waals surface area contributed by atoms with Crippen molar-refractivity contribution >= 4 is 32.6 Å². The fourth-order valence-corrected chi connectivity index (χ4v) is 3.22. The maximum absolute atomic E-state index is 12.6. The Balaban J connectivity index is 1.98. The third-order valence-electron chi connectivity index (χ3n) is 3.77. The number of halogens is 1. The van der Waals surface area contributed by atoms with E-state index in [0.717, 1.165) is 29.3 Å². The first-order valence-electron chi connectivity index (χ1n) is 6.15. The van der Waals surface area contributed by atoms with Crippen molar-refractivity contribution in [2.24, 2.45) is 0 Å². The molecular formula is C14H15BrN2O. The number of para-hydroxylation sites is 1. The van der Waals surface area contributed by atoms with Crippen LogP contribution in [0.2, 0.25) is 0 Å². The highest BCUT2D eigenvalue weighted by molar-refractivity contribution is 9.09. The van der Waals surface area contributed by atoms with Crippen molar-refractivity contribution in [3.05, 3.63) is 36.0 Å². The van der Waals surface area contributed by atoms with Crippen molar-refractivity contribution in [3.63, 3.8) is 0 Å². The highest BCUT2D eigenvalue weighted by Gasteiger charge is 2.34. The summed E-state index contributed by atoms with van der Waals surface area (Å²) >= 11 is 3.59. The molecule has 2 aromatic rings. The van der Waals surface area contributed by atoms with Gasteiger partial charge in [0, 0.05) is 22.7 Å². The average Bonchev–Trinajstić information content (AvgIpc) is 2.94. The molecule has 3 rings (SSSR count). The van der Waals surface area contributed by atoms with Gasteiger partial charge in [-0.05, 0) is 26.0 Å². The van der Waals surface area contributed by atoms with E-state index in [0.29, 0.717) is 4.95 Å². The van der Waals surface area contributed by atoms with Crippen molar-refractivity contribution < 1.29 is 4.79 Å². The summed E-state index contributed by atoms with van der Waals surface area (Å²) in [5.74, 6) is 0.219. The molecule has 2 heterocycles. The highest BCUT2D eigenvalue weighted by Crippen LogP contribution is 2.30. The lowest BCUT2D eigenvalue weighted by atomic mass is 10.0. The van der Waals surface area contributed by atoms with Gasteiger partial charge in [0.25, 0.3) is 0 Å². The van der Waals surface area contributed by atoms with E-state index in [9.17, 15) is 4.79 Å². The summed E-state index contributed by atoms with van der Waals surface area (Å²) in [5, 5.41) is 1.02. The van der Waals surface area contributed by atoms with Crippen LogP contribution in [0.3, 0.4) is 0 Å². The van der Waals surface area contributed by atoms with Gasteiger partial charge in [0.2, 0.25) is 0 Å². The van der Waals surface area contributed by atoms with Gasteiger partial charge in [0.15, 0.2) is 5.78 Å². The molecule has 1 aliphatic rings. The van der Waals surface area contributed by atoms with E-state index in [-0.39, 0.29) is 11.8 Å². The number of nitrogens with zero attached hydrogens (tertiary/aromatic N) is 1. The van der Waals surface area contributed by atoms with Crippen molar-refractivity contribution in [3.8, 4) is 0 Å². The van der Waals surface area contributed by atoms with Gasteiger partial charge >= 0.3 is 0 Å². The predicted octanol–water partition coefficient (Wildman–Crippen LogP) is 3.17. The number of hydrogen-bond donors (Lipinski definition) is 1. The fourth-order valence-electron chi connectivity index (χ4n) is 2.67. The minimum absolute atomic E-state index is 0.00594. The van der Waals surface area contributed by atoms with Gasteiger partial charge < -0.3 is 4.98 Å². The third kappa shape index (κ3) is 1.80. The molecule has 0 bridgehead atoms. The van der Waals surface area contributed by atoms with Crippen LogP contribution in [0, 0.1) is 0 Å². The first kappa shape index (κ1) is 11.9. The lowest BCUT2D eigenvalue weighted by Crippen LogP contribution is -2.35. The molecule has 1 fully saturated rings. The van der Waals surface area contributed by atoms with Crippen LogP contribution in [-0.2, 0) is 0 Å². The van der Waals surface area contributed by atoms with Gasteiger partial charge in [0.1, 0.15) is 0 Å². The Morgan fingerprint density at radius 2 is 2.17 bits per heavy atom. The number of Topliss-reactive ketones (excluding diaryl/α,β-unsaturated/α-hetero) is 1. The number of H-pyrrole nitrogens is 1. The number of carbonyl (C=O) groups excluding carboxylic acids is 1. The van der Waals surface area contributed by atoms with Gasteiger partial charge in [-0.1, -0.05) is 34.1 Å². The molecule has 1 aliphatic heterocycles. The van der Waals surface area contributed by atoms with E-state index in [1.165, 1.54) is 0 Å². The zero-order valence-electron chi connectivity index (χ0n) is 10.2. The summed E-state index contributed by atoms with van der Waals surface area (Å²) in [5.41, 5.74) is 1.83. The number of alkyl halides is 1. The van der Waals surface area contributed by atoms with E-state index in [4.69, 9.17) is 0 Å².